The van der Waals surface area contributed by atoms with Gasteiger partial charge in [0, 0.05) is 0 Å². The van der Waals surface area contributed by atoms with Crippen molar-refractivity contribution in [2.45, 2.75) is 26.1 Å². The van der Waals surface area contributed by atoms with Crippen LogP contribution in [0.25, 0.3) is 0 Å². The average molecular weight is 344 g/mol. The van der Waals surface area contributed by atoms with Crippen molar-refractivity contribution in [3.8, 4) is 23.0 Å². The second-order valence-corrected chi connectivity index (χ2v) is 6.56. The first-order valence-electron chi connectivity index (χ1n) is 8.35. The summed E-state index contributed by atoms with van der Waals surface area (Å²) in [6.07, 6.45) is -0.205. The summed E-state index contributed by atoms with van der Waals surface area (Å²) >= 11 is 0. The largest absolute Gasteiger partial charge is 0.504 e. The normalized spacial score (nSPS) is 25.8. The number of phenolic OH excluding ortho intramolecular Hbond substituents is 2. The molecule has 5 heteroatoms. The smallest absolute Gasteiger partial charge is 0.160 e. The first kappa shape index (κ1) is 17.4. The van der Waals surface area contributed by atoms with E-state index in [1.165, 1.54) is 14.2 Å². The van der Waals surface area contributed by atoms with Crippen LogP contribution >= 0.6 is 0 Å². The van der Waals surface area contributed by atoms with E-state index in [0.717, 1.165) is 11.1 Å². The molecule has 1 saturated heterocycles. The molecule has 0 aliphatic carbocycles. The van der Waals surface area contributed by atoms with Gasteiger partial charge < -0.3 is 24.4 Å². The van der Waals surface area contributed by atoms with Gasteiger partial charge in [-0.25, -0.2) is 0 Å². The number of ether oxygens (including phenoxy) is 3. The minimum Gasteiger partial charge on any atom is -0.504 e. The Morgan fingerprint density at radius 3 is 1.52 bits per heavy atom. The average Bonchev–Trinajstić information content (AvgIpc) is 2.91. The fraction of sp³-hybridized carbons (Fsp3) is 0.400. The van der Waals surface area contributed by atoms with Crippen molar-refractivity contribution in [2.75, 3.05) is 14.2 Å². The molecule has 4 atom stereocenters. The summed E-state index contributed by atoms with van der Waals surface area (Å²) in [4.78, 5) is 0. The molecule has 0 spiro atoms. The van der Waals surface area contributed by atoms with E-state index in [2.05, 4.69) is 13.8 Å². The summed E-state index contributed by atoms with van der Waals surface area (Å²) in [7, 11) is 3.07. The lowest BCUT2D eigenvalue weighted by Crippen LogP contribution is -2.10. The van der Waals surface area contributed by atoms with Crippen LogP contribution in [0.15, 0.2) is 36.4 Å². The number of hydrogen-bond donors (Lipinski definition) is 2. The summed E-state index contributed by atoms with van der Waals surface area (Å²) in [5, 5.41) is 19.6. The molecule has 0 aromatic heterocycles. The highest BCUT2D eigenvalue weighted by molar-refractivity contribution is 5.44. The van der Waals surface area contributed by atoms with Crippen molar-refractivity contribution in [3.63, 3.8) is 0 Å². The molecule has 0 saturated carbocycles. The van der Waals surface area contributed by atoms with Crippen molar-refractivity contribution < 1.29 is 24.4 Å². The van der Waals surface area contributed by atoms with E-state index in [1.807, 2.05) is 24.3 Å². The highest BCUT2D eigenvalue weighted by atomic mass is 16.5. The van der Waals surface area contributed by atoms with E-state index in [9.17, 15) is 10.2 Å². The van der Waals surface area contributed by atoms with Crippen LogP contribution in [-0.2, 0) is 4.74 Å². The number of methoxy groups -OCH3 is 2. The van der Waals surface area contributed by atoms with Gasteiger partial charge in [-0.1, -0.05) is 26.0 Å². The van der Waals surface area contributed by atoms with Crippen LogP contribution in [0, 0.1) is 11.8 Å². The standard InChI is InChI=1S/C20H24O5/c1-11-12(2)20(14-6-8-16(22)18(10-14)24-4)25-19(11)13-5-7-15(21)17(9-13)23-3/h5-12,19-22H,1-4H3/t11-,12+,19?,20?. The monoisotopic (exact) mass is 344 g/mol. The Bertz CT molecular complexity index is 694. The fourth-order valence-electron chi connectivity index (χ4n) is 3.46. The minimum atomic E-state index is -0.103. The van der Waals surface area contributed by atoms with Crippen molar-refractivity contribution >= 4 is 0 Å². The summed E-state index contributed by atoms with van der Waals surface area (Å²) in [6.45, 7) is 4.32. The number of benzene rings is 2. The van der Waals surface area contributed by atoms with E-state index in [-0.39, 0.29) is 35.5 Å². The Hall–Kier alpha value is -2.40. The zero-order valence-corrected chi connectivity index (χ0v) is 14.9. The first-order chi connectivity index (χ1) is 12.0. The Kier molecular flexibility index (Phi) is 4.77. The number of hydrogen-bond acceptors (Lipinski definition) is 5. The lowest BCUT2D eigenvalue weighted by Gasteiger charge is -2.18. The molecule has 25 heavy (non-hydrogen) atoms. The molecule has 0 bridgehead atoms. The van der Waals surface area contributed by atoms with Gasteiger partial charge in [0.1, 0.15) is 0 Å². The van der Waals surface area contributed by atoms with Gasteiger partial charge in [-0.05, 0) is 47.2 Å². The SMILES string of the molecule is COc1cc(C2OC(c3ccc(O)c(OC)c3)[C@H](C)[C@@H]2C)ccc1O. The maximum atomic E-state index is 9.81. The van der Waals surface area contributed by atoms with Gasteiger partial charge in [0.2, 0.25) is 0 Å². The maximum absolute atomic E-state index is 9.81. The second-order valence-electron chi connectivity index (χ2n) is 6.56. The van der Waals surface area contributed by atoms with E-state index < -0.39 is 0 Å². The summed E-state index contributed by atoms with van der Waals surface area (Å²) in [5.74, 6) is 1.67. The topological polar surface area (TPSA) is 68.2 Å². The Morgan fingerprint density at radius 2 is 1.16 bits per heavy atom. The molecule has 1 aliphatic rings. The minimum absolute atomic E-state index is 0.103. The van der Waals surface area contributed by atoms with E-state index in [1.54, 1.807) is 12.1 Å². The summed E-state index contributed by atoms with van der Waals surface area (Å²) in [6, 6.07) is 10.6. The van der Waals surface area contributed by atoms with Crippen molar-refractivity contribution in [3.05, 3.63) is 47.5 Å². The van der Waals surface area contributed by atoms with Crippen LogP contribution in [0.4, 0.5) is 0 Å². The Morgan fingerprint density at radius 1 is 0.760 bits per heavy atom. The van der Waals surface area contributed by atoms with Crippen LogP contribution in [0.1, 0.15) is 37.2 Å². The molecule has 1 fully saturated rings. The third kappa shape index (κ3) is 3.12. The Balaban J connectivity index is 1.91. The second kappa shape index (κ2) is 6.84. The van der Waals surface area contributed by atoms with Crippen LogP contribution in [-0.4, -0.2) is 24.4 Å². The molecule has 3 rings (SSSR count). The molecule has 2 N–H and O–H groups in total. The van der Waals surface area contributed by atoms with Gasteiger partial charge in [0.05, 0.1) is 26.4 Å². The molecule has 5 nitrogen and oxygen atoms in total. The molecule has 0 amide bonds. The highest BCUT2D eigenvalue weighted by Crippen LogP contribution is 2.50. The lowest BCUT2D eigenvalue weighted by atomic mass is 9.85. The molecule has 1 heterocycles. The Labute approximate surface area is 147 Å². The molecule has 2 unspecified atom stereocenters. The van der Waals surface area contributed by atoms with Crippen LogP contribution in [0.2, 0.25) is 0 Å². The van der Waals surface area contributed by atoms with Crippen LogP contribution < -0.4 is 9.47 Å². The maximum Gasteiger partial charge on any atom is 0.160 e. The number of phenols is 2. The number of rotatable bonds is 4. The van der Waals surface area contributed by atoms with E-state index >= 15 is 0 Å². The summed E-state index contributed by atoms with van der Waals surface area (Å²) < 4.78 is 16.8. The predicted molar refractivity (Wildman–Crippen MR) is 94.2 cm³/mol. The van der Waals surface area contributed by atoms with Crippen molar-refractivity contribution in [1.82, 2.24) is 0 Å². The third-order valence-electron chi connectivity index (χ3n) is 5.14. The number of aromatic hydroxyl groups is 2. The van der Waals surface area contributed by atoms with Gasteiger partial charge in [-0.15, -0.1) is 0 Å². The predicted octanol–water partition coefficient (Wildman–Crippen LogP) is 4.20. The van der Waals surface area contributed by atoms with Gasteiger partial charge in [0.25, 0.3) is 0 Å². The quantitative estimate of drug-likeness (QED) is 0.870. The molecular formula is C20H24O5. The zero-order valence-electron chi connectivity index (χ0n) is 14.9. The lowest BCUT2D eigenvalue weighted by molar-refractivity contribution is 0.0288. The summed E-state index contributed by atoms with van der Waals surface area (Å²) in [5.41, 5.74) is 1.95. The van der Waals surface area contributed by atoms with E-state index in [4.69, 9.17) is 14.2 Å². The molecular weight excluding hydrogens is 320 g/mol. The zero-order chi connectivity index (χ0) is 18.1. The molecule has 0 radical (unpaired) electrons. The molecule has 134 valence electrons. The molecule has 2 aromatic rings. The van der Waals surface area contributed by atoms with Crippen LogP contribution in [0.3, 0.4) is 0 Å². The fourth-order valence-corrected chi connectivity index (χ4v) is 3.46. The van der Waals surface area contributed by atoms with Gasteiger partial charge in [-0.2, -0.15) is 0 Å². The molecule has 1 aliphatic heterocycles. The van der Waals surface area contributed by atoms with Gasteiger partial charge in [-0.3, -0.25) is 0 Å². The van der Waals surface area contributed by atoms with Crippen molar-refractivity contribution in [1.29, 1.82) is 0 Å². The first-order valence-corrected chi connectivity index (χ1v) is 8.35. The van der Waals surface area contributed by atoms with Crippen LogP contribution in [0.5, 0.6) is 23.0 Å². The van der Waals surface area contributed by atoms with Gasteiger partial charge >= 0.3 is 0 Å². The molecule has 2 aromatic carbocycles. The highest BCUT2D eigenvalue weighted by Gasteiger charge is 2.41. The third-order valence-corrected chi connectivity index (χ3v) is 5.14. The van der Waals surface area contributed by atoms with E-state index in [0.29, 0.717) is 11.5 Å². The van der Waals surface area contributed by atoms with Gasteiger partial charge in [0.15, 0.2) is 23.0 Å². The van der Waals surface area contributed by atoms with Crippen molar-refractivity contribution in [2.24, 2.45) is 11.8 Å².